The number of nitrogens with zero attached hydrogens (tertiary/aromatic N) is 2. The fourth-order valence-electron chi connectivity index (χ4n) is 5.20. The lowest BCUT2D eigenvalue weighted by Crippen LogP contribution is -2.42. The summed E-state index contributed by atoms with van der Waals surface area (Å²) in [4.78, 5) is 6.78. The Kier molecular flexibility index (Phi) is 4.18. The van der Waals surface area contributed by atoms with Crippen molar-refractivity contribution in [3.63, 3.8) is 0 Å². The summed E-state index contributed by atoms with van der Waals surface area (Å²) in [7, 11) is 0. The average molecular weight is 349 g/mol. The number of ether oxygens (including phenoxy) is 1. The average Bonchev–Trinajstić information content (AvgIpc) is 3.31. The molecule has 2 saturated heterocycles. The molecule has 0 amide bonds. The molecule has 2 aliphatic heterocycles. The van der Waals surface area contributed by atoms with Crippen LogP contribution in [0.1, 0.15) is 42.9 Å². The molecule has 2 atom stereocenters. The van der Waals surface area contributed by atoms with Crippen molar-refractivity contribution in [2.45, 2.75) is 43.2 Å². The Morgan fingerprint density at radius 3 is 2.77 bits per heavy atom. The van der Waals surface area contributed by atoms with Crippen LogP contribution in [-0.4, -0.2) is 37.3 Å². The van der Waals surface area contributed by atoms with Gasteiger partial charge in [-0.05, 0) is 48.9 Å². The summed E-state index contributed by atoms with van der Waals surface area (Å²) in [5.41, 5.74) is 4.69. The van der Waals surface area contributed by atoms with Crippen molar-refractivity contribution >= 4 is 5.69 Å². The molecule has 4 heteroatoms. The summed E-state index contributed by atoms with van der Waals surface area (Å²) < 4.78 is 5.58. The van der Waals surface area contributed by atoms with Crippen LogP contribution in [0.4, 0.5) is 5.69 Å². The molecule has 0 saturated carbocycles. The molecule has 0 unspecified atom stereocenters. The van der Waals surface area contributed by atoms with Gasteiger partial charge in [0.05, 0.1) is 18.5 Å². The maximum atomic E-state index is 5.58. The standard InChI is InChI=1S/C22H27N3O/c1-2-6-20-19(5-1)21(24-17-7-13-26-16-17)14-22(20)8-11-25(12-9-22)18-4-3-10-23-15-18/h1-6,10,15,17,21,24H,7-9,11-14,16H2/t17-,21+/m1/s1. The Balaban J connectivity index is 1.36. The van der Waals surface area contributed by atoms with Gasteiger partial charge in [-0.2, -0.15) is 0 Å². The molecule has 5 rings (SSSR count). The Hall–Kier alpha value is -1.91. The van der Waals surface area contributed by atoms with E-state index in [1.807, 2.05) is 18.5 Å². The molecule has 1 N–H and O–H groups in total. The van der Waals surface area contributed by atoms with Gasteiger partial charge in [0.25, 0.3) is 0 Å². The van der Waals surface area contributed by atoms with E-state index in [1.54, 1.807) is 5.56 Å². The summed E-state index contributed by atoms with van der Waals surface area (Å²) in [5, 5.41) is 3.90. The molecule has 26 heavy (non-hydrogen) atoms. The highest BCUT2D eigenvalue weighted by Crippen LogP contribution is 2.51. The number of benzene rings is 1. The normalized spacial score (nSPS) is 27.0. The number of fused-ring (bicyclic) bond motifs is 2. The highest BCUT2D eigenvalue weighted by Gasteiger charge is 2.45. The second-order valence-corrected chi connectivity index (χ2v) is 8.05. The molecule has 3 heterocycles. The van der Waals surface area contributed by atoms with Crippen molar-refractivity contribution in [1.82, 2.24) is 10.3 Å². The van der Waals surface area contributed by atoms with E-state index in [9.17, 15) is 0 Å². The SMILES string of the molecule is c1cncc(N2CCC3(CC2)C[C@H](N[C@@H]2CCOC2)c2ccccc23)c1. The number of anilines is 1. The first-order chi connectivity index (χ1) is 12.8. The van der Waals surface area contributed by atoms with Gasteiger partial charge in [0.15, 0.2) is 0 Å². The Labute approximate surface area is 155 Å². The van der Waals surface area contributed by atoms with Crippen LogP contribution in [0.5, 0.6) is 0 Å². The number of piperidine rings is 1. The van der Waals surface area contributed by atoms with Crippen molar-refractivity contribution < 1.29 is 4.74 Å². The predicted molar refractivity (Wildman–Crippen MR) is 104 cm³/mol. The molecular formula is C22H27N3O. The Morgan fingerprint density at radius 1 is 1.12 bits per heavy atom. The van der Waals surface area contributed by atoms with Gasteiger partial charge in [0.1, 0.15) is 0 Å². The van der Waals surface area contributed by atoms with Crippen LogP contribution < -0.4 is 10.2 Å². The molecule has 136 valence electrons. The molecule has 2 fully saturated rings. The number of nitrogens with one attached hydrogen (secondary N) is 1. The number of pyridine rings is 1. The largest absolute Gasteiger partial charge is 0.380 e. The minimum atomic E-state index is 0.326. The number of hydrogen-bond acceptors (Lipinski definition) is 4. The third-order valence-corrected chi connectivity index (χ3v) is 6.60. The van der Waals surface area contributed by atoms with E-state index in [2.05, 4.69) is 45.5 Å². The van der Waals surface area contributed by atoms with E-state index in [0.29, 0.717) is 17.5 Å². The Bertz CT molecular complexity index is 749. The van der Waals surface area contributed by atoms with Crippen LogP contribution in [0.2, 0.25) is 0 Å². The number of rotatable bonds is 3. The van der Waals surface area contributed by atoms with E-state index in [4.69, 9.17) is 4.74 Å². The zero-order valence-electron chi connectivity index (χ0n) is 15.2. The third-order valence-electron chi connectivity index (χ3n) is 6.60. The second-order valence-electron chi connectivity index (χ2n) is 8.05. The molecule has 0 bridgehead atoms. The molecule has 1 spiro atoms. The number of hydrogen-bond donors (Lipinski definition) is 1. The predicted octanol–water partition coefficient (Wildman–Crippen LogP) is 3.44. The van der Waals surface area contributed by atoms with Crippen molar-refractivity contribution in [3.8, 4) is 0 Å². The molecule has 1 aromatic heterocycles. The molecule has 4 nitrogen and oxygen atoms in total. The van der Waals surface area contributed by atoms with Crippen LogP contribution in [0.3, 0.4) is 0 Å². The monoisotopic (exact) mass is 349 g/mol. The first-order valence-electron chi connectivity index (χ1n) is 9.92. The molecule has 2 aromatic rings. The third kappa shape index (κ3) is 2.81. The van der Waals surface area contributed by atoms with Crippen LogP contribution in [0, 0.1) is 0 Å². The molecular weight excluding hydrogens is 322 g/mol. The summed E-state index contributed by atoms with van der Waals surface area (Å²) in [6, 6.07) is 14.3. The lowest BCUT2D eigenvalue weighted by Gasteiger charge is -2.41. The summed E-state index contributed by atoms with van der Waals surface area (Å²) >= 11 is 0. The maximum Gasteiger partial charge on any atom is 0.0620 e. The second kappa shape index (κ2) is 6.67. The smallest absolute Gasteiger partial charge is 0.0620 e. The quantitative estimate of drug-likeness (QED) is 0.921. The van der Waals surface area contributed by atoms with Gasteiger partial charge in [-0.25, -0.2) is 0 Å². The van der Waals surface area contributed by atoms with Crippen LogP contribution in [-0.2, 0) is 10.2 Å². The van der Waals surface area contributed by atoms with Crippen molar-refractivity contribution in [2.24, 2.45) is 0 Å². The van der Waals surface area contributed by atoms with E-state index in [0.717, 1.165) is 32.7 Å². The minimum absolute atomic E-state index is 0.326. The van der Waals surface area contributed by atoms with E-state index >= 15 is 0 Å². The molecule has 1 aliphatic carbocycles. The van der Waals surface area contributed by atoms with Gasteiger partial charge in [-0.15, -0.1) is 0 Å². The zero-order chi connectivity index (χ0) is 17.4. The summed E-state index contributed by atoms with van der Waals surface area (Å²) in [6.07, 6.45) is 8.65. The lowest BCUT2D eigenvalue weighted by molar-refractivity contribution is 0.186. The topological polar surface area (TPSA) is 37.4 Å². The van der Waals surface area contributed by atoms with Crippen LogP contribution in [0.25, 0.3) is 0 Å². The van der Waals surface area contributed by atoms with Crippen LogP contribution >= 0.6 is 0 Å². The highest BCUT2D eigenvalue weighted by atomic mass is 16.5. The van der Waals surface area contributed by atoms with Gasteiger partial charge in [0, 0.05) is 43.4 Å². The van der Waals surface area contributed by atoms with Gasteiger partial charge in [0.2, 0.25) is 0 Å². The van der Waals surface area contributed by atoms with Crippen molar-refractivity contribution in [3.05, 3.63) is 59.9 Å². The van der Waals surface area contributed by atoms with E-state index in [-0.39, 0.29) is 0 Å². The fourth-order valence-corrected chi connectivity index (χ4v) is 5.20. The minimum Gasteiger partial charge on any atom is -0.380 e. The first kappa shape index (κ1) is 16.3. The fraction of sp³-hybridized carbons (Fsp3) is 0.500. The first-order valence-corrected chi connectivity index (χ1v) is 9.92. The zero-order valence-corrected chi connectivity index (χ0v) is 15.2. The van der Waals surface area contributed by atoms with Gasteiger partial charge in [-0.3, -0.25) is 4.98 Å². The van der Waals surface area contributed by atoms with Gasteiger partial charge in [-0.1, -0.05) is 24.3 Å². The van der Waals surface area contributed by atoms with E-state index in [1.165, 1.54) is 30.5 Å². The maximum absolute atomic E-state index is 5.58. The summed E-state index contributed by atoms with van der Waals surface area (Å²) in [6.45, 7) is 3.98. The molecule has 1 aromatic carbocycles. The lowest BCUT2D eigenvalue weighted by atomic mass is 9.73. The molecule has 3 aliphatic rings. The van der Waals surface area contributed by atoms with Gasteiger partial charge >= 0.3 is 0 Å². The van der Waals surface area contributed by atoms with Crippen LogP contribution in [0.15, 0.2) is 48.8 Å². The molecule has 0 radical (unpaired) electrons. The number of aromatic nitrogens is 1. The highest BCUT2D eigenvalue weighted by molar-refractivity contribution is 5.48. The Morgan fingerprint density at radius 2 is 2.00 bits per heavy atom. The van der Waals surface area contributed by atoms with Gasteiger partial charge < -0.3 is 15.0 Å². The van der Waals surface area contributed by atoms with Crippen molar-refractivity contribution in [2.75, 3.05) is 31.2 Å². The van der Waals surface area contributed by atoms with Crippen molar-refractivity contribution in [1.29, 1.82) is 0 Å². The summed E-state index contributed by atoms with van der Waals surface area (Å²) in [5.74, 6) is 0. The van der Waals surface area contributed by atoms with E-state index < -0.39 is 0 Å².